The normalized spacial score (nSPS) is 10.8. The molecule has 3 rings (SSSR count). The van der Waals surface area contributed by atoms with E-state index in [0.717, 1.165) is 11.3 Å². The van der Waals surface area contributed by atoms with E-state index in [4.69, 9.17) is 4.42 Å². The molecule has 0 aliphatic heterocycles. The maximum atomic E-state index is 5.39. The predicted molar refractivity (Wildman–Crippen MR) is 74.7 cm³/mol. The third kappa shape index (κ3) is 2.09. The molecule has 0 N–H and O–H groups in total. The van der Waals surface area contributed by atoms with Crippen LogP contribution in [0.2, 0.25) is 0 Å². The number of hydrogen-bond acceptors (Lipinski definition) is 3. The maximum absolute atomic E-state index is 5.39. The molecule has 18 heavy (non-hydrogen) atoms. The lowest BCUT2D eigenvalue weighted by molar-refractivity contribution is 0.573. The summed E-state index contributed by atoms with van der Waals surface area (Å²) in [4.78, 5) is 5.62. The highest BCUT2D eigenvalue weighted by atomic mass is 32.1. The van der Waals surface area contributed by atoms with E-state index in [2.05, 4.69) is 47.6 Å². The minimum atomic E-state index is 0.682. The summed E-state index contributed by atoms with van der Waals surface area (Å²) in [7, 11) is 0. The fourth-order valence-corrected chi connectivity index (χ4v) is 2.75. The molecular formula is C15H13NOS. The van der Waals surface area contributed by atoms with E-state index in [0.29, 0.717) is 5.89 Å². The minimum absolute atomic E-state index is 0.682. The zero-order chi connectivity index (χ0) is 12.5. The summed E-state index contributed by atoms with van der Waals surface area (Å²) in [5.41, 5.74) is 4.46. The van der Waals surface area contributed by atoms with Gasteiger partial charge in [-0.15, -0.1) is 11.3 Å². The van der Waals surface area contributed by atoms with Gasteiger partial charge in [0.1, 0.15) is 6.26 Å². The molecule has 3 aromatic rings. The summed E-state index contributed by atoms with van der Waals surface area (Å²) < 4.78 is 5.39. The molecule has 3 heteroatoms. The van der Waals surface area contributed by atoms with Gasteiger partial charge < -0.3 is 4.42 Å². The van der Waals surface area contributed by atoms with Crippen LogP contribution in [-0.2, 0) is 0 Å². The lowest BCUT2D eigenvalue weighted by atomic mass is 10.1. The van der Waals surface area contributed by atoms with Gasteiger partial charge in [-0.3, -0.25) is 0 Å². The van der Waals surface area contributed by atoms with Gasteiger partial charge >= 0.3 is 0 Å². The van der Waals surface area contributed by atoms with Gasteiger partial charge in [0, 0.05) is 10.4 Å². The first-order valence-electron chi connectivity index (χ1n) is 5.80. The second kappa shape index (κ2) is 4.42. The molecule has 0 fully saturated rings. The van der Waals surface area contributed by atoms with Gasteiger partial charge in [-0.1, -0.05) is 12.1 Å². The Bertz CT molecular complexity index is 605. The molecule has 0 spiro atoms. The van der Waals surface area contributed by atoms with Crippen molar-refractivity contribution >= 4 is 11.3 Å². The van der Waals surface area contributed by atoms with Gasteiger partial charge in [0.05, 0.1) is 5.69 Å². The molecule has 0 aliphatic carbocycles. The highest BCUT2D eigenvalue weighted by molar-refractivity contribution is 7.13. The van der Waals surface area contributed by atoms with Crippen LogP contribution in [0.4, 0.5) is 0 Å². The molecule has 0 unspecified atom stereocenters. The van der Waals surface area contributed by atoms with Crippen molar-refractivity contribution in [2.45, 2.75) is 13.8 Å². The first kappa shape index (κ1) is 11.2. The highest BCUT2D eigenvalue weighted by Gasteiger charge is 2.05. The van der Waals surface area contributed by atoms with Crippen LogP contribution in [0.5, 0.6) is 0 Å². The fraction of sp³-hybridized carbons (Fsp3) is 0.133. The van der Waals surface area contributed by atoms with Gasteiger partial charge in [0.25, 0.3) is 0 Å². The van der Waals surface area contributed by atoms with Crippen molar-refractivity contribution in [2.24, 2.45) is 0 Å². The average molecular weight is 255 g/mol. The highest BCUT2D eigenvalue weighted by Crippen LogP contribution is 2.29. The van der Waals surface area contributed by atoms with Gasteiger partial charge in [-0.2, -0.15) is 0 Å². The van der Waals surface area contributed by atoms with Crippen molar-refractivity contribution in [3.63, 3.8) is 0 Å². The molecule has 0 atom stereocenters. The summed E-state index contributed by atoms with van der Waals surface area (Å²) in [6.45, 7) is 4.04. The number of aryl methyl sites for hydroxylation is 2. The van der Waals surface area contributed by atoms with Crippen LogP contribution in [0.1, 0.15) is 11.3 Å². The monoisotopic (exact) mass is 255 g/mol. The van der Waals surface area contributed by atoms with E-state index < -0.39 is 0 Å². The van der Waals surface area contributed by atoms with Crippen molar-refractivity contribution in [1.29, 1.82) is 0 Å². The number of rotatable bonds is 2. The van der Waals surface area contributed by atoms with Gasteiger partial charge in [0.2, 0.25) is 5.89 Å². The van der Waals surface area contributed by atoms with Crippen LogP contribution < -0.4 is 0 Å². The molecule has 0 bridgehead atoms. The van der Waals surface area contributed by atoms with E-state index in [1.54, 1.807) is 17.6 Å². The number of aromatic nitrogens is 1. The molecule has 0 aliphatic rings. The van der Waals surface area contributed by atoms with Crippen LogP contribution in [0.15, 0.2) is 46.4 Å². The zero-order valence-electron chi connectivity index (χ0n) is 10.3. The number of oxazole rings is 1. The first-order chi connectivity index (χ1) is 8.72. The Balaban J connectivity index is 1.94. The third-order valence-electron chi connectivity index (χ3n) is 2.77. The molecule has 1 aromatic carbocycles. The van der Waals surface area contributed by atoms with E-state index >= 15 is 0 Å². The minimum Gasteiger partial charge on any atom is -0.444 e. The molecule has 0 radical (unpaired) electrons. The SMILES string of the molecule is Cc1csc(-c2ccc(-c3nc(C)co3)cc2)c1. The number of hydrogen-bond donors (Lipinski definition) is 0. The lowest BCUT2D eigenvalue weighted by Crippen LogP contribution is -1.79. The summed E-state index contributed by atoms with van der Waals surface area (Å²) in [5, 5.41) is 2.17. The molecule has 0 saturated carbocycles. The number of benzene rings is 1. The third-order valence-corrected chi connectivity index (χ3v) is 3.86. The van der Waals surface area contributed by atoms with E-state index in [1.165, 1.54) is 16.0 Å². The van der Waals surface area contributed by atoms with Crippen LogP contribution in [0, 0.1) is 13.8 Å². The second-order valence-corrected chi connectivity index (χ2v) is 5.27. The van der Waals surface area contributed by atoms with Crippen LogP contribution in [0.3, 0.4) is 0 Å². The largest absolute Gasteiger partial charge is 0.444 e. The zero-order valence-corrected chi connectivity index (χ0v) is 11.1. The molecule has 0 saturated heterocycles. The average Bonchev–Trinajstić information content (AvgIpc) is 2.98. The van der Waals surface area contributed by atoms with Crippen molar-refractivity contribution in [3.8, 4) is 21.9 Å². The Morgan fingerprint density at radius 1 is 1.06 bits per heavy atom. The topological polar surface area (TPSA) is 26.0 Å². The first-order valence-corrected chi connectivity index (χ1v) is 6.68. The Kier molecular flexibility index (Phi) is 2.76. The quantitative estimate of drug-likeness (QED) is 0.664. The summed E-state index contributed by atoms with van der Waals surface area (Å²) >= 11 is 1.77. The Labute approximate surface area is 110 Å². The van der Waals surface area contributed by atoms with Gasteiger partial charge in [-0.25, -0.2) is 4.98 Å². The van der Waals surface area contributed by atoms with Crippen LogP contribution in [0.25, 0.3) is 21.9 Å². The molecule has 2 heterocycles. The predicted octanol–water partition coefficient (Wildman–Crippen LogP) is 4.69. The summed E-state index contributed by atoms with van der Waals surface area (Å²) in [6.07, 6.45) is 1.67. The number of nitrogens with zero attached hydrogens (tertiary/aromatic N) is 1. The van der Waals surface area contributed by atoms with E-state index in [-0.39, 0.29) is 0 Å². The van der Waals surface area contributed by atoms with E-state index in [1.807, 2.05) is 6.92 Å². The molecule has 0 amide bonds. The van der Waals surface area contributed by atoms with Crippen LogP contribution in [-0.4, -0.2) is 4.98 Å². The van der Waals surface area contributed by atoms with Gasteiger partial charge in [0.15, 0.2) is 0 Å². The smallest absolute Gasteiger partial charge is 0.226 e. The summed E-state index contributed by atoms with van der Waals surface area (Å²) in [5.74, 6) is 0.682. The second-order valence-electron chi connectivity index (χ2n) is 4.36. The molecule has 2 nitrogen and oxygen atoms in total. The van der Waals surface area contributed by atoms with Crippen molar-refractivity contribution in [2.75, 3.05) is 0 Å². The molecule has 90 valence electrons. The van der Waals surface area contributed by atoms with E-state index in [9.17, 15) is 0 Å². The Hall–Kier alpha value is -1.87. The van der Waals surface area contributed by atoms with Crippen molar-refractivity contribution in [1.82, 2.24) is 4.98 Å². The Morgan fingerprint density at radius 3 is 2.33 bits per heavy atom. The molecular weight excluding hydrogens is 242 g/mol. The standard InChI is InChI=1S/C15H13NOS/c1-10-7-14(18-9-10)12-3-5-13(6-4-12)15-16-11(2)8-17-15/h3-9H,1-2H3. The van der Waals surface area contributed by atoms with Gasteiger partial charge in [-0.05, 0) is 48.6 Å². The maximum Gasteiger partial charge on any atom is 0.226 e. The Morgan fingerprint density at radius 2 is 1.78 bits per heavy atom. The lowest BCUT2D eigenvalue weighted by Gasteiger charge is -1.99. The number of thiophene rings is 1. The molecule has 2 aromatic heterocycles. The van der Waals surface area contributed by atoms with Crippen molar-refractivity contribution < 1.29 is 4.42 Å². The van der Waals surface area contributed by atoms with Crippen molar-refractivity contribution in [3.05, 3.63) is 53.2 Å². The fourth-order valence-electron chi connectivity index (χ4n) is 1.85. The summed E-state index contributed by atoms with van der Waals surface area (Å²) in [6, 6.07) is 10.5. The van der Waals surface area contributed by atoms with Crippen LogP contribution >= 0.6 is 11.3 Å².